The summed E-state index contributed by atoms with van der Waals surface area (Å²) in [7, 11) is -3.49. The molecule has 0 aliphatic carbocycles. The summed E-state index contributed by atoms with van der Waals surface area (Å²) in [6.45, 7) is 8.16. The molecule has 2 rings (SSSR count). The maximum atomic E-state index is 12.6. The standard InChI is InChI=1S/C21H27BrN2O4S/c1-5-24(6-2)29(26,27)18-10-8-17(9-11-18)16(4)23-21(25)14-28-20-12-7-15(3)13-19(20)22/h7-13,16H,5-6,14H2,1-4H3,(H,23,25)/t16-/m0/s1. The number of rotatable bonds is 9. The zero-order valence-corrected chi connectivity index (χ0v) is 19.5. The molecule has 0 heterocycles. The number of sulfonamides is 1. The number of nitrogens with zero attached hydrogens (tertiary/aromatic N) is 1. The van der Waals surface area contributed by atoms with Crippen molar-refractivity contribution in [3.05, 3.63) is 58.1 Å². The molecule has 0 saturated carbocycles. The van der Waals surface area contributed by atoms with E-state index in [1.807, 2.05) is 45.9 Å². The van der Waals surface area contributed by atoms with Crippen molar-refractivity contribution in [1.82, 2.24) is 9.62 Å². The summed E-state index contributed by atoms with van der Waals surface area (Å²) in [4.78, 5) is 12.5. The highest BCUT2D eigenvalue weighted by Crippen LogP contribution is 2.25. The van der Waals surface area contributed by atoms with Gasteiger partial charge in [0.05, 0.1) is 15.4 Å². The summed E-state index contributed by atoms with van der Waals surface area (Å²) in [5.74, 6) is 0.342. The molecular formula is C21H27BrN2O4S. The Morgan fingerprint density at radius 3 is 2.31 bits per heavy atom. The molecule has 0 aliphatic heterocycles. The van der Waals surface area contributed by atoms with Crippen LogP contribution in [-0.4, -0.2) is 38.3 Å². The van der Waals surface area contributed by atoms with Gasteiger partial charge in [-0.25, -0.2) is 8.42 Å². The number of carbonyl (C=O) groups is 1. The van der Waals surface area contributed by atoms with Gasteiger partial charge in [-0.15, -0.1) is 0 Å². The summed E-state index contributed by atoms with van der Waals surface area (Å²) in [6, 6.07) is 12.0. The maximum Gasteiger partial charge on any atom is 0.258 e. The number of aryl methyl sites for hydroxylation is 1. The zero-order chi connectivity index (χ0) is 21.6. The van der Waals surface area contributed by atoms with Crippen LogP contribution < -0.4 is 10.1 Å². The Balaban J connectivity index is 1.98. The first-order valence-corrected chi connectivity index (χ1v) is 11.7. The van der Waals surface area contributed by atoms with Gasteiger partial charge in [0, 0.05) is 13.1 Å². The lowest BCUT2D eigenvalue weighted by Crippen LogP contribution is -2.32. The molecule has 2 aromatic rings. The number of hydrogen-bond donors (Lipinski definition) is 1. The molecule has 0 saturated heterocycles. The predicted molar refractivity (Wildman–Crippen MR) is 117 cm³/mol. The lowest BCUT2D eigenvalue weighted by Gasteiger charge is -2.19. The molecule has 2 aromatic carbocycles. The van der Waals surface area contributed by atoms with Crippen LogP contribution in [0.15, 0.2) is 51.8 Å². The van der Waals surface area contributed by atoms with Crippen LogP contribution in [0.2, 0.25) is 0 Å². The fraction of sp³-hybridized carbons (Fsp3) is 0.381. The van der Waals surface area contributed by atoms with E-state index in [2.05, 4.69) is 21.2 Å². The van der Waals surface area contributed by atoms with Crippen LogP contribution in [-0.2, 0) is 14.8 Å². The smallest absolute Gasteiger partial charge is 0.258 e. The van der Waals surface area contributed by atoms with E-state index in [-0.39, 0.29) is 23.5 Å². The largest absolute Gasteiger partial charge is 0.483 e. The van der Waals surface area contributed by atoms with Gasteiger partial charge in [-0.05, 0) is 65.2 Å². The van der Waals surface area contributed by atoms with E-state index in [1.165, 1.54) is 4.31 Å². The van der Waals surface area contributed by atoms with Crippen LogP contribution in [0.3, 0.4) is 0 Å². The fourth-order valence-electron chi connectivity index (χ4n) is 2.87. The summed E-state index contributed by atoms with van der Waals surface area (Å²) in [5.41, 5.74) is 1.90. The Bertz CT molecular complexity index is 942. The van der Waals surface area contributed by atoms with Gasteiger partial charge >= 0.3 is 0 Å². The highest BCUT2D eigenvalue weighted by atomic mass is 79.9. The molecule has 0 fully saturated rings. The maximum absolute atomic E-state index is 12.6. The van der Waals surface area contributed by atoms with Crippen LogP contribution >= 0.6 is 15.9 Å². The molecular weight excluding hydrogens is 456 g/mol. The third-order valence-electron chi connectivity index (χ3n) is 4.55. The van der Waals surface area contributed by atoms with Gasteiger partial charge in [-0.3, -0.25) is 4.79 Å². The van der Waals surface area contributed by atoms with Crippen LogP contribution in [0, 0.1) is 6.92 Å². The Morgan fingerprint density at radius 2 is 1.76 bits per heavy atom. The van der Waals surface area contributed by atoms with Crippen molar-refractivity contribution in [2.45, 2.75) is 38.6 Å². The third-order valence-corrected chi connectivity index (χ3v) is 7.23. The van der Waals surface area contributed by atoms with Crippen molar-refractivity contribution in [2.75, 3.05) is 19.7 Å². The second-order valence-electron chi connectivity index (χ2n) is 6.67. The minimum absolute atomic E-state index is 0.111. The van der Waals surface area contributed by atoms with E-state index in [1.54, 1.807) is 24.3 Å². The number of carbonyl (C=O) groups excluding carboxylic acids is 1. The molecule has 1 N–H and O–H groups in total. The van der Waals surface area contributed by atoms with Gasteiger partial charge in [-0.2, -0.15) is 4.31 Å². The van der Waals surface area contributed by atoms with E-state index in [4.69, 9.17) is 4.74 Å². The SMILES string of the molecule is CCN(CC)S(=O)(=O)c1ccc([C@H](C)NC(=O)COc2ccc(C)cc2Br)cc1. The van der Waals surface area contributed by atoms with Crippen molar-refractivity contribution >= 4 is 31.9 Å². The van der Waals surface area contributed by atoms with Crippen LogP contribution in [0.4, 0.5) is 0 Å². The van der Waals surface area contributed by atoms with Crippen molar-refractivity contribution in [2.24, 2.45) is 0 Å². The highest BCUT2D eigenvalue weighted by molar-refractivity contribution is 9.10. The van der Waals surface area contributed by atoms with Gasteiger partial charge < -0.3 is 10.1 Å². The molecule has 0 unspecified atom stereocenters. The van der Waals surface area contributed by atoms with Crippen molar-refractivity contribution in [3.8, 4) is 5.75 Å². The first-order valence-electron chi connectivity index (χ1n) is 9.47. The minimum Gasteiger partial charge on any atom is -0.483 e. The second-order valence-corrected chi connectivity index (χ2v) is 9.46. The molecule has 158 valence electrons. The van der Waals surface area contributed by atoms with Gasteiger partial charge in [-0.1, -0.05) is 32.0 Å². The first kappa shape index (κ1) is 23.4. The van der Waals surface area contributed by atoms with Crippen LogP contribution in [0.25, 0.3) is 0 Å². The molecule has 1 atom stereocenters. The van der Waals surface area contributed by atoms with E-state index in [0.29, 0.717) is 18.8 Å². The molecule has 1 amide bonds. The average molecular weight is 483 g/mol. The van der Waals surface area contributed by atoms with Crippen molar-refractivity contribution in [1.29, 1.82) is 0 Å². The molecule has 0 radical (unpaired) electrons. The lowest BCUT2D eigenvalue weighted by atomic mass is 10.1. The molecule has 0 aliphatic rings. The number of halogens is 1. The highest BCUT2D eigenvalue weighted by Gasteiger charge is 2.21. The van der Waals surface area contributed by atoms with Gasteiger partial charge in [0.25, 0.3) is 5.91 Å². The molecule has 6 nitrogen and oxygen atoms in total. The summed E-state index contributed by atoms with van der Waals surface area (Å²) in [6.07, 6.45) is 0. The van der Waals surface area contributed by atoms with E-state index < -0.39 is 10.0 Å². The number of ether oxygens (including phenoxy) is 1. The van der Waals surface area contributed by atoms with E-state index >= 15 is 0 Å². The second kappa shape index (κ2) is 10.2. The molecule has 0 aromatic heterocycles. The monoisotopic (exact) mass is 482 g/mol. The normalized spacial score (nSPS) is 12.6. The predicted octanol–water partition coefficient (Wildman–Crippen LogP) is 4.04. The Hall–Kier alpha value is -1.90. The molecule has 0 bridgehead atoms. The zero-order valence-electron chi connectivity index (χ0n) is 17.1. The van der Waals surface area contributed by atoms with Gasteiger partial charge in [0.15, 0.2) is 6.61 Å². The lowest BCUT2D eigenvalue weighted by molar-refractivity contribution is -0.123. The van der Waals surface area contributed by atoms with E-state index in [0.717, 1.165) is 15.6 Å². The fourth-order valence-corrected chi connectivity index (χ4v) is 4.94. The van der Waals surface area contributed by atoms with Crippen LogP contribution in [0.5, 0.6) is 5.75 Å². The number of benzene rings is 2. The summed E-state index contributed by atoms with van der Waals surface area (Å²) in [5, 5.41) is 2.86. The van der Waals surface area contributed by atoms with Gasteiger partial charge in [0.2, 0.25) is 10.0 Å². The van der Waals surface area contributed by atoms with E-state index in [9.17, 15) is 13.2 Å². The first-order chi connectivity index (χ1) is 13.7. The Labute approximate surface area is 181 Å². The quantitative estimate of drug-likeness (QED) is 0.584. The Morgan fingerprint density at radius 1 is 1.14 bits per heavy atom. The number of nitrogens with one attached hydrogen (secondary N) is 1. The summed E-state index contributed by atoms with van der Waals surface area (Å²) >= 11 is 3.42. The van der Waals surface area contributed by atoms with Gasteiger partial charge in [0.1, 0.15) is 5.75 Å². The average Bonchev–Trinajstić information content (AvgIpc) is 2.68. The third kappa shape index (κ3) is 6.04. The Kier molecular flexibility index (Phi) is 8.24. The number of hydrogen-bond acceptors (Lipinski definition) is 4. The van der Waals surface area contributed by atoms with Crippen molar-refractivity contribution < 1.29 is 17.9 Å². The van der Waals surface area contributed by atoms with Crippen LogP contribution in [0.1, 0.15) is 37.9 Å². The minimum atomic E-state index is -3.49. The molecule has 29 heavy (non-hydrogen) atoms. The topological polar surface area (TPSA) is 75.7 Å². The summed E-state index contributed by atoms with van der Waals surface area (Å²) < 4.78 is 32.9. The number of amides is 1. The van der Waals surface area contributed by atoms with Crippen molar-refractivity contribution in [3.63, 3.8) is 0 Å². The molecule has 8 heteroatoms. The molecule has 0 spiro atoms.